The van der Waals surface area contributed by atoms with E-state index in [2.05, 4.69) is 10.1 Å². The van der Waals surface area contributed by atoms with Gasteiger partial charge in [-0.05, 0) is 6.07 Å². The Bertz CT molecular complexity index is 697. The smallest absolute Gasteiger partial charge is 0.387 e. The molecule has 23 heavy (non-hydrogen) atoms. The van der Waals surface area contributed by atoms with Crippen LogP contribution in [0, 0.1) is 0 Å². The second kappa shape index (κ2) is 6.91. The zero-order valence-corrected chi connectivity index (χ0v) is 12.8. The summed E-state index contributed by atoms with van der Waals surface area (Å²) in [6.07, 6.45) is 0. The Hall–Kier alpha value is -2.21. The molecule has 0 atom stereocenters. The molecule has 0 aliphatic carbocycles. The summed E-state index contributed by atoms with van der Waals surface area (Å²) in [5.74, 6) is 1.32. The van der Waals surface area contributed by atoms with E-state index in [0.717, 1.165) is 0 Å². The maximum absolute atomic E-state index is 12.4. The van der Waals surface area contributed by atoms with Gasteiger partial charge in [0.05, 0.1) is 10.7 Å². The quantitative estimate of drug-likeness (QED) is 0.879. The molecule has 2 aromatic rings. The van der Waals surface area contributed by atoms with Crippen molar-refractivity contribution < 1.29 is 23.0 Å². The number of hydrogen-bond donors (Lipinski definition) is 1. The molecule has 0 amide bonds. The summed E-state index contributed by atoms with van der Waals surface area (Å²) in [7, 11) is 0. The third kappa shape index (κ3) is 3.76. The molecule has 1 aliphatic rings. The number of nitrogens with one attached hydrogen (secondary N) is 1. The Morgan fingerprint density at radius 1 is 1.13 bits per heavy atom. The summed E-state index contributed by atoms with van der Waals surface area (Å²) in [5, 5.41) is 3.56. The molecule has 0 spiro atoms. The zero-order valence-electron chi connectivity index (χ0n) is 12.0. The minimum atomic E-state index is -2.87. The van der Waals surface area contributed by atoms with Gasteiger partial charge in [0.1, 0.15) is 19.0 Å². The van der Waals surface area contributed by atoms with E-state index in [4.69, 9.17) is 21.1 Å². The zero-order chi connectivity index (χ0) is 16.2. The van der Waals surface area contributed by atoms with Crippen LogP contribution in [0.3, 0.4) is 0 Å². The van der Waals surface area contributed by atoms with Crippen LogP contribution in [0.2, 0.25) is 5.02 Å². The number of para-hydroxylation sites is 1. The fraction of sp³-hybridized carbons (Fsp3) is 0.250. The summed E-state index contributed by atoms with van der Waals surface area (Å²) >= 11 is 6.20. The van der Waals surface area contributed by atoms with Gasteiger partial charge in [0.2, 0.25) is 0 Å². The van der Waals surface area contributed by atoms with E-state index in [1.165, 1.54) is 6.07 Å². The number of ether oxygens (including phenoxy) is 3. The normalized spacial score (nSPS) is 13.0. The minimum Gasteiger partial charge on any atom is -0.486 e. The van der Waals surface area contributed by atoms with Crippen molar-refractivity contribution >= 4 is 17.3 Å². The summed E-state index contributed by atoms with van der Waals surface area (Å²) < 4.78 is 40.3. The molecule has 7 heteroatoms. The first-order valence-electron chi connectivity index (χ1n) is 6.99. The van der Waals surface area contributed by atoms with Gasteiger partial charge in [0, 0.05) is 24.2 Å². The highest BCUT2D eigenvalue weighted by Crippen LogP contribution is 2.38. The number of halogens is 3. The number of benzene rings is 2. The molecule has 4 nitrogen and oxygen atoms in total. The van der Waals surface area contributed by atoms with E-state index in [0.29, 0.717) is 41.0 Å². The molecule has 122 valence electrons. The number of anilines is 1. The first-order chi connectivity index (χ1) is 11.1. The molecule has 0 fully saturated rings. The highest BCUT2D eigenvalue weighted by molar-refractivity contribution is 6.33. The predicted molar refractivity (Wildman–Crippen MR) is 82.8 cm³/mol. The Balaban J connectivity index is 1.76. The molecule has 1 heterocycles. The van der Waals surface area contributed by atoms with Crippen LogP contribution in [0.4, 0.5) is 14.5 Å². The molecule has 0 saturated heterocycles. The van der Waals surface area contributed by atoms with Gasteiger partial charge >= 0.3 is 6.61 Å². The van der Waals surface area contributed by atoms with Gasteiger partial charge in [-0.1, -0.05) is 29.8 Å². The molecule has 0 aromatic heterocycles. The van der Waals surface area contributed by atoms with Gasteiger partial charge in [-0.15, -0.1) is 0 Å². The predicted octanol–water partition coefficient (Wildman–Crippen LogP) is 4.32. The van der Waals surface area contributed by atoms with Gasteiger partial charge in [-0.3, -0.25) is 0 Å². The van der Waals surface area contributed by atoms with Crippen molar-refractivity contribution in [2.45, 2.75) is 13.2 Å². The molecule has 1 aliphatic heterocycles. The number of fused-ring (bicyclic) bond motifs is 1. The van der Waals surface area contributed by atoms with Crippen LogP contribution in [-0.4, -0.2) is 19.8 Å². The first kappa shape index (κ1) is 15.7. The van der Waals surface area contributed by atoms with Crippen LogP contribution in [0.25, 0.3) is 0 Å². The molecule has 3 rings (SSSR count). The van der Waals surface area contributed by atoms with Crippen LogP contribution >= 0.6 is 11.6 Å². The van der Waals surface area contributed by atoms with Crippen LogP contribution in [0.5, 0.6) is 17.2 Å². The van der Waals surface area contributed by atoms with Crippen molar-refractivity contribution in [1.82, 2.24) is 0 Å². The van der Waals surface area contributed by atoms with Gasteiger partial charge in [-0.2, -0.15) is 8.78 Å². The van der Waals surface area contributed by atoms with E-state index >= 15 is 0 Å². The highest BCUT2D eigenvalue weighted by atomic mass is 35.5. The number of rotatable bonds is 5. The Kier molecular flexibility index (Phi) is 4.71. The molecule has 0 unspecified atom stereocenters. The molecule has 0 saturated carbocycles. The lowest BCUT2D eigenvalue weighted by atomic mass is 10.2. The van der Waals surface area contributed by atoms with E-state index < -0.39 is 6.61 Å². The lowest BCUT2D eigenvalue weighted by molar-refractivity contribution is -0.0504. The largest absolute Gasteiger partial charge is 0.486 e. The lowest BCUT2D eigenvalue weighted by Gasteiger charge is -2.20. The van der Waals surface area contributed by atoms with Crippen molar-refractivity contribution in [3.8, 4) is 17.2 Å². The first-order valence-corrected chi connectivity index (χ1v) is 7.37. The van der Waals surface area contributed by atoms with Crippen LogP contribution in [-0.2, 0) is 6.54 Å². The summed E-state index contributed by atoms with van der Waals surface area (Å²) in [6.45, 7) is -1.63. The van der Waals surface area contributed by atoms with E-state index in [1.54, 1.807) is 30.3 Å². The van der Waals surface area contributed by atoms with E-state index in [9.17, 15) is 8.78 Å². The van der Waals surface area contributed by atoms with Gasteiger partial charge < -0.3 is 19.5 Å². The standard InChI is InChI=1S/C16H14ClF2NO3/c17-11-7-14-15(22-6-5-21-14)8-12(11)20-9-10-3-1-2-4-13(10)23-16(18)19/h1-4,7-8,16,20H,5-6,9H2. The molecule has 0 radical (unpaired) electrons. The average Bonchev–Trinajstić information content (AvgIpc) is 2.53. The molecule has 1 N–H and O–H groups in total. The second-order valence-corrected chi connectivity index (χ2v) is 5.22. The summed E-state index contributed by atoms with van der Waals surface area (Å²) in [6, 6.07) is 9.98. The molecular weight excluding hydrogens is 328 g/mol. The lowest BCUT2D eigenvalue weighted by Crippen LogP contribution is -2.15. The minimum absolute atomic E-state index is 0.128. The van der Waals surface area contributed by atoms with E-state index in [-0.39, 0.29) is 12.3 Å². The summed E-state index contributed by atoms with van der Waals surface area (Å²) in [4.78, 5) is 0. The Labute approximate surface area is 136 Å². The Morgan fingerprint density at radius 2 is 1.83 bits per heavy atom. The van der Waals surface area contributed by atoms with E-state index in [1.807, 2.05) is 0 Å². The van der Waals surface area contributed by atoms with Gasteiger partial charge in [-0.25, -0.2) is 0 Å². The fourth-order valence-electron chi connectivity index (χ4n) is 2.25. The van der Waals surface area contributed by atoms with Crippen molar-refractivity contribution in [3.63, 3.8) is 0 Å². The van der Waals surface area contributed by atoms with Crippen molar-refractivity contribution in [2.24, 2.45) is 0 Å². The molecular formula is C16H14ClF2NO3. The van der Waals surface area contributed by atoms with Gasteiger partial charge in [0.25, 0.3) is 0 Å². The highest BCUT2D eigenvalue weighted by Gasteiger charge is 2.15. The number of hydrogen-bond acceptors (Lipinski definition) is 4. The number of alkyl halides is 2. The second-order valence-electron chi connectivity index (χ2n) is 4.82. The monoisotopic (exact) mass is 341 g/mol. The SMILES string of the molecule is FC(F)Oc1ccccc1CNc1cc2c(cc1Cl)OCCO2. The topological polar surface area (TPSA) is 39.7 Å². The molecule has 0 bridgehead atoms. The molecule has 2 aromatic carbocycles. The maximum atomic E-state index is 12.4. The van der Waals surface area contributed by atoms with Gasteiger partial charge in [0.15, 0.2) is 11.5 Å². The third-order valence-corrected chi connectivity index (χ3v) is 3.60. The van der Waals surface area contributed by atoms with Crippen molar-refractivity contribution in [2.75, 3.05) is 18.5 Å². The van der Waals surface area contributed by atoms with Crippen LogP contribution in [0.15, 0.2) is 36.4 Å². The summed E-state index contributed by atoms with van der Waals surface area (Å²) in [5.41, 5.74) is 1.22. The Morgan fingerprint density at radius 3 is 2.57 bits per heavy atom. The van der Waals surface area contributed by atoms with Crippen molar-refractivity contribution in [3.05, 3.63) is 47.0 Å². The van der Waals surface area contributed by atoms with Crippen molar-refractivity contribution in [1.29, 1.82) is 0 Å². The average molecular weight is 342 g/mol. The van der Waals surface area contributed by atoms with Crippen LogP contribution < -0.4 is 19.5 Å². The fourth-order valence-corrected chi connectivity index (χ4v) is 2.47. The maximum Gasteiger partial charge on any atom is 0.387 e. The van der Waals surface area contributed by atoms with Crippen LogP contribution in [0.1, 0.15) is 5.56 Å². The third-order valence-electron chi connectivity index (χ3n) is 3.29.